The molecule has 0 saturated carbocycles. The molecule has 1 amide bonds. The summed E-state index contributed by atoms with van der Waals surface area (Å²) in [6.07, 6.45) is -2.99. The summed E-state index contributed by atoms with van der Waals surface area (Å²) in [6.45, 7) is -0.0988. The summed E-state index contributed by atoms with van der Waals surface area (Å²) < 4.78 is 40.5. The third-order valence-corrected chi connectivity index (χ3v) is 4.36. The van der Waals surface area contributed by atoms with Crippen molar-refractivity contribution in [3.63, 3.8) is 0 Å². The molecule has 0 bridgehead atoms. The van der Waals surface area contributed by atoms with E-state index < -0.39 is 17.6 Å². The van der Waals surface area contributed by atoms with Crippen molar-refractivity contribution in [3.05, 3.63) is 81.5 Å². The minimum atomic E-state index is -4.46. The van der Waals surface area contributed by atoms with Crippen molar-refractivity contribution in [3.8, 4) is 0 Å². The van der Waals surface area contributed by atoms with Gasteiger partial charge in [-0.2, -0.15) is 18.3 Å². The second-order valence-corrected chi connectivity index (χ2v) is 6.42. The Bertz CT molecular complexity index is 966. The summed E-state index contributed by atoms with van der Waals surface area (Å²) in [5.74, 6) is -0.396. The van der Waals surface area contributed by atoms with Crippen LogP contribution >= 0.6 is 23.2 Å². The molecule has 0 saturated heterocycles. The van der Waals surface area contributed by atoms with Gasteiger partial charge in [0.15, 0.2) is 5.82 Å². The van der Waals surface area contributed by atoms with Gasteiger partial charge in [-0.1, -0.05) is 47.5 Å². The third-order valence-electron chi connectivity index (χ3n) is 3.73. The number of rotatable bonds is 4. The first-order valence-electron chi connectivity index (χ1n) is 7.69. The Labute approximate surface area is 162 Å². The van der Waals surface area contributed by atoms with Gasteiger partial charge in [-0.05, 0) is 23.8 Å². The lowest BCUT2D eigenvalue weighted by molar-refractivity contribution is -0.138. The first-order valence-corrected chi connectivity index (χ1v) is 8.45. The molecule has 0 aliphatic carbocycles. The van der Waals surface area contributed by atoms with Gasteiger partial charge in [0.1, 0.15) is 0 Å². The Balaban J connectivity index is 1.78. The van der Waals surface area contributed by atoms with E-state index in [1.54, 1.807) is 6.07 Å². The van der Waals surface area contributed by atoms with Crippen LogP contribution in [0.5, 0.6) is 0 Å². The fourth-order valence-electron chi connectivity index (χ4n) is 2.52. The quantitative estimate of drug-likeness (QED) is 0.612. The van der Waals surface area contributed by atoms with E-state index in [1.165, 1.54) is 47.3 Å². The highest BCUT2D eigenvalue weighted by atomic mass is 35.5. The van der Waals surface area contributed by atoms with Gasteiger partial charge < -0.3 is 5.32 Å². The highest BCUT2D eigenvalue weighted by molar-refractivity contribution is 6.40. The van der Waals surface area contributed by atoms with Crippen LogP contribution < -0.4 is 5.32 Å². The molecule has 0 fully saturated rings. The van der Waals surface area contributed by atoms with E-state index >= 15 is 0 Å². The van der Waals surface area contributed by atoms with Crippen molar-refractivity contribution in [2.75, 3.05) is 5.32 Å². The minimum absolute atomic E-state index is 0.0696. The predicted molar refractivity (Wildman–Crippen MR) is 97.2 cm³/mol. The maximum Gasteiger partial charge on any atom is 0.416 e. The predicted octanol–water partition coefficient (Wildman–Crippen LogP) is 5.51. The van der Waals surface area contributed by atoms with Crippen LogP contribution in [0.15, 0.2) is 54.7 Å². The van der Waals surface area contributed by atoms with Gasteiger partial charge in [-0.15, -0.1) is 0 Å². The summed E-state index contributed by atoms with van der Waals surface area (Å²) >= 11 is 12.0. The topological polar surface area (TPSA) is 46.9 Å². The molecule has 0 radical (unpaired) electrons. The SMILES string of the molecule is O=C(Nc1ccn(Cc2ccccc2C(F)(F)F)n1)c1c(Cl)cccc1Cl. The lowest BCUT2D eigenvalue weighted by Gasteiger charge is -2.12. The van der Waals surface area contributed by atoms with Gasteiger partial charge in [0.05, 0.1) is 27.7 Å². The molecule has 3 rings (SSSR count). The number of alkyl halides is 3. The minimum Gasteiger partial charge on any atom is -0.305 e. The third kappa shape index (κ3) is 4.43. The maximum absolute atomic E-state index is 13.1. The van der Waals surface area contributed by atoms with E-state index in [9.17, 15) is 18.0 Å². The van der Waals surface area contributed by atoms with E-state index in [4.69, 9.17) is 23.2 Å². The van der Waals surface area contributed by atoms with Gasteiger partial charge in [-0.25, -0.2) is 0 Å². The summed E-state index contributed by atoms with van der Waals surface area (Å²) in [5.41, 5.74) is -0.563. The lowest BCUT2D eigenvalue weighted by Crippen LogP contribution is -2.14. The van der Waals surface area contributed by atoms with E-state index in [0.717, 1.165) is 6.07 Å². The first-order chi connectivity index (χ1) is 12.8. The Kier molecular flexibility index (Phi) is 5.43. The molecule has 4 nitrogen and oxygen atoms in total. The summed E-state index contributed by atoms with van der Waals surface area (Å²) in [4.78, 5) is 12.3. The molecule has 0 unspecified atom stereocenters. The smallest absolute Gasteiger partial charge is 0.305 e. The molecule has 0 atom stereocenters. The molecule has 27 heavy (non-hydrogen) atoms. The average molecular weight is 414 g/mol. The molecule has 0 aliphatic heterocycles. The van der Waals surface area contributed by atoms with Gasteiger partial charge in [0.2, 0.25) is 0 Å². The molecule has 2 aromatic carbocycles. The fourth-order valence-corrected chi connectivity index (χ4v) is 3.09. The average Bonchev–Trinajstić information content (AvgIpc) is 3.01. The first kappa shape index (κ1) is 19.3. The van der Waals surface area contributed by atoms with E-state index in [1.807, 2.05) is 0 Å². The molecule has 0 aliphatic rings. The zero-order valence-corrected chi connectivity index (χ0v) is 15.1. The van der Waals surface area contributed by atoms with Gasteiger partial charge in [-0.3, -0.25) is 9.48 Å². The van der Waals surface area contributed by atoms with Crippen LogP contribution in [0.25, 0.3) is 0 Å². The highest BCUT2D eigenvalue weighted by Crippen LogP contribution is 2.32. The highest BCUT2D eigenvalue weighted by Gasteiger charge is 2.32. The summed E-state index contributed by atoms with van der Waals surface area (Å²) in [7, 11) is 0. The number of halogens is 5. The van der Waals surface area contributed by atoms with Crippen molar-refractivity contribution in [2.45, 2.75) is 12.7 Å². The molecule has 3 aromatic rings. The van der Waals surface area contributed by atoms with Crippen LogP contribution in [0.3, 0.4) is 0 Å². The van der Waals surface area contributed by atoms with Crippen LogP contribution in [-0.2, 0) is 12.7 Å². The molecule has 1 aromatic heterocycles. The van der Waals surface area contributed by atoms with E-state index in [-0.39, 0.29) is 33.5 Å². The van der Waals surface area contributed by atoms with Crippen LogP contribution in [-0.4, -0.2) is 15.7 Å². The molecule has 1 heterocycles. The standard InChI is InChI=1S/C18H12Cl2F3N3O/c19-13-6-3-7-14(20)16(13)17(27)24-15-8-9-26(25-15)10-11-4-1-2-5-12(11)18(21,22)23/h1-9H,10H2,(H,24,25,27). The summed E-state index contributed by atoms with van der Waals surface area (Å²) in [6, 6.07) is 11.4. The molecular formula is C18H12Cl2F3N3O. The monoisotopic (exact) mass is 413 g/mol. The number of benzene rings is 2. The number of amides is 1. The second kappa shape index (κ2) is 7.62. The maximum atomic E-state index is 13.1. The number of aromatic nitrogens is 2. The van der Waals surface area contributed by atoms with Crippen molar-refractivity contribution >= 4 is 34.9 Å². The van der Waals surface area contributed by atoms with Crippen LogP contribution in [0, 0.1) is 0 Å². The number of nitrogens with zero attached hydrogens (tertiary/aromatic N) is 2. The Hall–Kier alpha value is -2.51. The van der Waals surface area contributed by atoms with Gasteiger partial charge >= 0.3 is 6.18 Å². The number of anilines is 1. The fraction of sp³-hybridized carbons (Fsp3) is 0.111. The van der Waals surface area contributed by atoms with E-state index in [2.05, 4.69) is 10.4 Å². The Morgan fingerprint density at radius 3 is 2.37 bits per heavy atom. The van der Waals surface area contributed by atoms with Gasteiger partial charge in [0, 0.05) is 12.3 Å². The van der Waals surface area contributed by atoms with Gasteiger partial charge in [0.25, 0.3) is 5.91 Å². The lowest BCUT2D eigenvalue weighted by atomic mass is 10.1. The van der Waals surface area contributed by atoms with Crippen molar-refractivity contribution in [2.24, 2.45) is 0 Å². The van der Waals surface area contributed by atoms with Crippen LogP contribution in [0.4, 0.5) is 19.0 Å². The molecule has 140 valence electrons. The molecule has 9 heteroatoms. The number of hydrogen-bond acceptors (Lipinski definition) is 2. The van der Waals surface area contributed by atoms with Crippen molar-refractivity contribution in [1.82, 2.24) is 9.78 Å². The number of hydrogen-bond donors (Lipinski definition) is 1. The normalized spacial score (nSPS) is 11.4. The molecular weight excluding hydrogens is 402 g/mol. The number of nitrogens with one attached hydrogen (secondary N) is 1. The number of carbonyl (C=O) groups excluding carboxylic acids is 1. The zero-order chi connectivity index (χ0) is 19.6. The largest absolute Gasteiger partial charge is 0.416 e. The zero-order valence-electron chi connectivity index (χ0n) is 13.6. The Morgan fingerprint density at radius 2 is 1.70 bits per heavy atom. The second-order valence-electron chi connectivity index (χ2n) is 5.60. The summed E-state index contributed by atoms with van der Waals surface area (Å²) in [5, 5.41) is 6.97. The van der Waals surface area contributed by atoms with E-state index in [0.29, 0.717) is 0 Å². The van der Waals surface area contributed by atoms with Crippen molar-refractivity contribution < 1.29 is 18.0 Å². The van der Waals surface area contributed by atoms with Crippen LogP contribution in [0.1, 0.15) is 21.5 Å². The Morgan fingerprint density at radius 1 is 1.04 bits per heavy atom. The van der Waals surface area contributed by atoms with Crippen molar-refractivity contribution in [1.29, 1.82) is 0 Å². The number of carbonyl (C=O) groups is 1. The van der Waals surface area contributed by atoms with Crippen LogP contribution in [0.2, 0.25) is 10.0 Å². The molecule has 1 N–H and O–H groups in total. The molecule has 0 spiro atoms.